The number of fused-ring (bicyclic) bond motifs is 1. The molecular weight excluding hydrogens is 769 g/mol. The topological polar surface area (TPSA) is 158 Å². The zero-order valence-corrected chi connectivity index (χ0v) is 36.0. The summed E-state index contributed by atoms with van der Waals surface area (Å²) in [6.07, 6.45) is 0.321. The Bertz CT molecular complexity index is 2130. The Balaban J connectivity index is 1.47. The second-order valence-corrected chi connectivity index (χ2v) is 16.8. The summed E-state index contributed by atoms with van der Waals surface area (Å²) in [4.78, 5) is 25.4. The number of methoxy groups -OCH3 is 2. The van der Waals surface area contributed by atoms with Gasteiger partial charge in [-0.25, -0.2) is 9.65 Å². The third kappa shape index (κ3) is 9.95. The van der Waals surface area contributed by atoms with Gasteiger partial charge in [-0.15, -0.1) is 0 Å². The lowest BCUT2D eigenvalue weighted by molar-refractivity contribution is -0.0968. The first-order chi connectivity index (χ1) is 28.5. The van der Waals surface area contributed by atoms with Crippen molar-refractivity contribution in [3.8, 4) is 17.6 Å². The molecule has 1 aliphatic heterocycles. The molecule has 314 valence electrons. The number of nitriles is 1. The third-order valence-corrected chi connectivity index (χ3v) is 12.2. The predicted octanol–water partition coefficient (Wildman–Crippen LogP) is 8.16. The summed E-state index contributed by atoms with van der Waals surface area (Å²) in [5, 5.41) is 12.6. The van der Waals surface area contributed by atoms with E-state index in [4.69, 9.17) is 33.0 Å². The number of nitrogens with one attached hydrogen (secondary N) is 2. The van der Waals surface area contributed by atoms with Gasteiger partial charge in [0.2, 0.25) is 5.95 Å². The van der Waals surface area contributed by atoms with Crippen LogP contribution in [-0.4, -0.2) is 82.5 Å². The van der Waals surface area contributed by atoms with Gasteiger partial charge in [0, 0.05) is 25.0 Å². The van der Waals surface area contributed by atoms with Crippen molar-refractivity contribution < 1.29 is 28.0 Å². The summed E-state index contributed by atoms with van der Waals surface area (Å²) in [5.74, 6) is 2.11. The summed E-state index contributed by atoms with van der Waals surface area (Å²) in [6.45, 7) is 13.5. The van der Waals surface area contributed by atoms with E-state index in [1.807, 2.05) is 66.7 Å². The number of hydrogen-bond acceptors (Lipinski definition) is 12. The third-order valence-electron chi connectivity index (χ3n) is 10.1. The average molecular weight is 826 g/mol. The van der Waals surface area contributed by atoms with E-state index in [1.165, 1.54) is 0 Å². The second kappa shape index (κ2) is 19.9. The monoisotopic (exact) mass is 825 g/mol. The molecule has 3 aromatic carbocycles. The minimum absolute atomic E-state index is 0.100. The summed E-state index contributed by atoms with van der Waals surface area (Å²) in [7, 11) is 1.69. The smallest absolute Gasteiger partial charge is 0.280 e. The van der Waals surface area contributed by atoms with Crippen LogP contribution in [0, 0.1) is 17.2 Å². The molecule has 0 bridgehead atoms. The molecule has 0 radical (unpaired) electrons. The largest absolute Gasteiger partial charge is 0.497 e. The molecule has 4 atom stereocenters. The molecule has 2 N–H and O–H groups in total. The highest BCUT2D eigenvalue weighted by atomic mass is 31.2. The number of benzene rings is 3. The molecule has 0 aliphatic carbocycles. The van der Waals surface area contributed by atoms with Crippen LogP contribution in [0.15, 0.2) is 90.0 Å². The van der Waals surface area contributed by atoms with E-state index in [0.29, 0.717) is 42.0 Å². The number of anilines is 1. The molecule has 2 aromatic heterocycles. The van der Waals surface area contributed by atoms with Crippen LogP contribution in [0.25, 0.3) is 11.2 Å². The van der Waals surface area contributed by atoms with Gasteiger partial charge >= 0.3 is 0 Å². The quantitative estimate of drug-likeness (QED) is 0.0442. The highest BCUT2D eigenvalue weighted by Gasteiger charge is 2.47. The Morgan fingerprint density at radius 2 is 1.54 bits per heavy atom. The number of hydrogen-bond donors (Lipinski definition) is 2. The highest BCUT2D eigenvalue weighted by molar-refractivity contribution is 7.44. The Morgan fingerprint density at radius 3 is 2.10 bits per heavy atom. The van der Waals surface area contributed by atoms with Gasteiger partial charge in [-0.3, -0.25) is 14.3 Å². The van der Waals surface area contributed by atoms with Crippen molar-refractivity contribution in [2.45, 2.75) is 90.5 Å². The molecule has 0 spiro atoms. The van der Waals surface area contributed by atoms with Gasteiger partial charge in [-0.1, -0.05) is 68.4 Å². The van der Waals surface area contributed by atoms with Gasteiger partial charge in [-0.05, 0) is 74.6 Å². The van der Waals surface area contributed by atoms with E-state index in [2.05, 4.69) is 79.7 Å². The molecular formula is C44H56N7O7P. The predicted molar refractivity (Wildman–Crippen MR) is 228 cm³/mol. The average Bonchev–Trinajstić information content (AvgIpc) is 3.85. The van der Waals surface area contributed by atoms with Gasteiger partial charge in [-0.2, -0.15) is 10.2 Å². The number of ether oxygens (including phenoxy) is 4. The molecule has 1 aliphatic rings. The van der Waals surface area contributed by atoms with Gasteiger partial charge < -0.3 is 33.3 Å². The van der Waals surface area contributed by atoms with Crippen molar-refractivity contribution in [3.63, 3.8) is 0 Å². The second-order valence-electron chi connectivity index (χ2n) is 15.4. The van der Waals surface area contributed by atoms with Crippen molar-refractivity contribution in [1.29, 1.82) is 5.26 Å². The summed E-state index contributed by atoms with van der Waals surface area (Å²) in [5.41, 5.74) is 1.72. The maximum absolute atomic E-state index is 13.3. The van der Waals surface area contributed by atoms with Crippen molar-refractivity contribution >= 4 is 25.6 Å². The molecule has 1 saturated heterocycles. The SMILES string of the molecule is COc1ccc(C(O[C@H]2C[C@H](n3cnc4c(=O)[nH]c(NCC(C)C)nc43)O[C@@H]2COP(OCCC#N)N(C(C)C)C(C)C)(c2ccccc2)c2ccc(OC)cc2)cc1. The lowest BCUT2D eigenvalue weighted by Crippen LogP contribution is -2.41. The zero-order chi connectivity index (χ0) is 42.1. The van der Waals surface area contributed by atoms with Crippen LogP contribution in [-0.2, 0) is 24.1 Å². The van der Waals surface area contributed by atoms with Crippen molar-refractivity contribution in [2.24, 2.45) is 5.92 Å². The standard InChI is InChI=1S/C44H56N7O7P/c1-29(2)26-46-43-48-41-40(42(52)49-43)47-28-50(41)39-25-37(38(57-39)27-56-59(55-24-12-23-45)51(30(3)4)31(5)6)58-44(32-13-10-9-11-14-32,33-15-19-35(53-7)20-16-33)34-17-21-36(54-8)22-18-34/h9-11,13-22,28-31,37-39H,12,24-27H2,1-8H3,(H2,46,48,49,52)/t37-,38+,39+,59?/m0/s1. The highest BCUT2D eigenvalue weighted by Crippen LogP contribution is 2.49. The molecule has 6 rings (SSSR count). The van der Waals surface area contributed by atoms with Crippen LogP contribution in [0.3, 0.4) is 0 Å². The number of aromatic amines is 1. The number of nitrogens with zero attached hydrogens (tertiary/aromatic N) is 5. The maximum atomic E-state index is 13.3. The lowest BCUT2D eigenvalue weighted by Gasteiger charge is -2.40. The van der Waals surface area contributed by atoms with E-state index in [-0.39, 0.29) is 42.8 Å². The molecule has 59 heavy (non-hydrogen) atoms. The van der Waals surface area contributed by atoms with E-state index >= 15 is 0 Å². The van der Waals surface area contributed by atoms with E-state index in [0.717, 1.165) is 16.7 Å². The van der Waals surface area contributed by atoms with E-state index < -0.39 is 32.6 Å². The molecule has 1 unspecified atom stereocenters. The minimum Gasteiger partial charge on any atom is -0.497 e. The first kappa shape index (κ1) is 43.7. The fourth-order valence-electron chi connectivity index (χ4n) is 7.37. The zero-order valence-electron chi connectivity index (χ0n) is 35.1. The van der Waals surface area contributed by atoms with Gasteiger partial charge in [0.1, 0.15) is 29.4 Å². The van der Waals surface area contributed by atoms with Crippen LogP contribution in [0.5, 0.6) is 11.5 Å². The molecule has 15 heteroatoms. The van der Waals surface area contributed by atoms with Crippen LogP contribution in [0.1, 0.15) is 77.3 Å². The Labute approximate surface area is 347 Å². The molecule has 1 fully saturated rings. The van der Waals surface area contributed by atoms with Gasteiger partial charge in [0.25, 0.3) is 14.1 Å². The van der Waals surface area contributed by atoms with Crippen LogP contribution in [0.2, 0.25) is 0 Å². The molecule has 0 saturated carbocycles. The Hall–Kier alpha value is -4.87. The first-order valence-electron chi connectivity index (χ1n) is 20.1. The number of H-pyrrole nitrogens is 1. The normalized spacial score (nSPS) is 17.6. The fourth-order valence-corrected chi connectivity index (χ4v) is 8.99. The molecule has 0 amide bonds. The summed E-state index contributed by atoms with van der Waals surface area (Å²) in [6, 6.07) is 28.3. The van der Waals surface area contributed by atoms with Crippen LogP contribution in [0.4, 0.5) is 5.95 Å². The maximum Gasteiger partial charge on any atom is 0.280 e. The molecule has 3 heterocycles. The Kier molecular flexibility index (Phi) is 14.8. The molecule has 5 aromatic rings. The van der Waals surface area contributed by atoms with Crippen molar-refractivity contribution in [3.05, 3.63) is 112 Å². The van der Waals surface area contributed by atoms with E-state index in [1.54, 1.807) is 25.1 Å². The summed E-state index contributed by atoms with van der Waals surface area (Å²) < 4.78 is 42.8. The number of rotatable bonds is 20. The Morgan fingerprint density at radius 1 is 0.932 bits per heavy atom. The lowest BCUT2D eigenvalue weighted by atomic mass is 9.79. The fraction of sp³-hybridized carbons (Fsp3) is 0.455. The van der Waals surface area contributed by atoms with E-state index in [9.17, 15) is 10.1 Å². The van der Waals surface area contributed by atoms with Gasteiger partial charge in [0.05, 0.1) is 52.4 Å². The summed E-state index contributed by atoms with van der Waals surface area (Å²) >= 11 is 0. The van der Waals surface area contributed by atoms with Crippen LogP contribution >= 0.6 is 8.53 Å². The number of aromatic nitrogens is 4. The van der Waals surface area contributed by atoms with Crippen LogP contribution < -0.4 is 20.3 Å². The molecule has 14 nitrogen and oxygen atoms in total. The van der Waals surface area contributed by atoms with Gasteiger partial charge in [0.15, 0.2) is 11.2 Å². The first-order valence-corrected chi connectivity index (χ1v) is 21.2. The van der Waals surface area contributed by atoms with Crippen molar-refractivity contribution in [1.82, 2.24) is 24.2 Å². The van der Waals surface area contributed by atoms with Crippen molar-refractivity contribution in [2.75, 3.05) is 39.3 Å². The minimum atomic E-state index is -1.60. The number of imidazole rings is 1.